The average Bonchev–Trinajstić information content (AvgIpc) is 2.81. The Hall–Kier alpha value is -2.47. The second-order valence-electron chi connectivity index (χ2n) is 5.16. The van der Waals surface area contributed by atoms with Crippen LogP contribution in [0.2, 0.25) is 0 Å². The van der Waals surface area contributed by atoms with E-state index in [4.69, 9.17) is 5.73 Å². The van der Waals surface area contributed by atoms with E-state index in [1.165, 1.54) is 4.57 Å². The molecular formula is C16H19F3N4OS. The van der Waals surface area contributed by atoms with Gasteiger partial charge in [-0.05, 0) is 19.8 Å². The summed E-state index contributed by atoms with van der Waals surface area (Å²) in [5.41, 5.74) is 5.40. The number of allylic oxidation sites excluding steroid dienone is 2. The normalized spacial score (nSPS) is 13.3. The van der Waals surface area contributed by atoms with Crippen LogP contribution in [0.5, 0.6) is 0 Å². The number of halogens is 3. The summed E-state index contributed by atoms with van der Waals surface area (Å²) in [6.45, 7) is 7.74. The van der Waals surface area contributed by atoms with Gasteiger partial charge in [-0.2, -0.15) is 18.4 Å². The third kappa shape index (κ3) is 5.83. The van der Waals surface area contributed by atoms with Crippen LogP contribution in [0, 0.1) is 11.3 Å². The molecule has 1 aromatic rings. The highest BCUT2D eigenvalue weighted by atomic mass is 32.1. The molecule has 3 N–H and O–H groups in total. The zero-order chi connectivity index (χ0) is 19.2. The van der Waals surface area contributed by atoms with Crippen LogP contribution in [-0.2, 0) is 6.54 Å². The van der Waals surface area contributed by atoms with Gasteiger partial charge in [0.1, 0.15) is 22.8 Å². The van der Waals surface area contributed by atoms with Crippen molar-refractivity contribution in [3.8, 4) is 6.07 Å². The van der Waals surface area contributed by atoms with Crippen LogP contribution in [0.25, 0.3) is 11.6 Å². The molecule has 0 aliphatic heterocycles. The van der Waals surface area contributed by atoms with E-state index in [2.05, 4.69) is 18.5 Å². The number of hydrogen-bond donors (Lipinski definition) is 2. The molecule has 0 saturated carbocycles. The van der Waals surface area contributed by atoms with Gasteiger partial charge in [-0.3, -0.25) is 9.36 Å². The second kappa shape index (κ2) is 8.58. The van der Waals surface area contributed by atoms with Crippen molar-refractivity contribution < 1.29 is 13.2 Å². The summed E-state index contributed by atoms with van der Waals surface area (Å²) in [6.07, 6.45) is -1.74. The van der Waals surface area contributed by atoms with Crippen molar-refractivity contribution in [1.82, 2.24) is 9.88 Å². The quantitative estimate of drug-likeness (QED) is 0.756. The fourth-order valence-corrected chi connectivity index (χ4v) is 3.16. The van der Waals surface area contributed by atoms with E-state index in [1.807, 2.05) is 6.07 Å². The molecule has 1 aromatic heterocycles. The average molecular weight is 372 g/mol. The summed E-state index contributed by atoms with van der Waals surface area (Å²) >= 11 is 1.04. The molecule has 0 bridgehead atoms. The van der Waals surface area contributed by atoms with E-state index in [0.29, 0.717) is 23.1 Å². The van der Waals surface area contributed by atoms with Crippen LogP contribution in [0.1, 0.15) is 19.8 Å². The Labute approximate surface area is 146 Å². The van der Waals surface area contributed by atoms with E-state index in [-0.39, 0.29) is 28.0 Å². The lowest BCUT2D eigenvalue weighted by atomic mass is 10.2. The molecule has 25 heavy (non-hydrogen) atoms. The molecule has 0 fully saturated rings. The first-order chi connectivity index (χ1) is 11.6. The summed E-state index contributed by atoms with van der Waals surface area (Å²) in [6, 6.07) is 1.83. The fourth-order valence-electron chi connectivity index (χ4n) is 1.96. The topological polar surface area (TPSA) is 83.8 Å². The molecular weight excluding hydrogens is 353 g/mol. The van der Waals surface area contributed by atoms with E-state index in [1.54, 1.807) is 13.0 Å². The van der Waals surface area contributed by atoms with Crippen LogP contribution in [-0.4, -0.2) is 17.3 Å². The van der Waals surface area contributed by atoms with Crippen molar-refractivity contribution in [3.05, 3.63) is 44.1 Å². The molecule has 5 nitrogen and oxygen atoms in total. The Morgan fingerprint density at radius 1 is 1.48 bits per heavy atom. The summed E-state index contributed by atoms with van der Waals surface area (Å²) in [4.78, 5) is 12.4. The molecule has 0 atom stereocenters. The summed E-state index contributed by atoms with van der Waals surface area (Å²) in [5, 5.41) is 11.4. The Morgan fingerprint density at radius 2 is 2.12 bits per heavy atom. The number of nitriles is 1. The standard InChI is InChI=1S/C16H19F3N4OS/c1-4-23-14(24)13(7-5-6-10(2)21)25-15(23)12(8-20)11(3)22-9-16(17,18)19/h7,22H,2-6,9,21H2,1H3/b13-7?,15-12-. The van der Waals surface area contributed by atoms with Crippen LogP contribution in [0.3, 0.4) is 0 Å². The van der Waals surface area contributed by atoms with Crippen molar-refractivity contribution in [3.63, 3.8) is 0 Å². The zero-order valence-electron chi connectivity index (χ0n) is 13.7. The minimum absolute atomic E-state index is 0.0870. The van der Waals surface area contributed by atoms with E-state index in [0.717, 1.165) is 11.3 Å². The van der Waals surface area contributed by atoms with Crippen molar-refractivity contribution >= 4 is 23.0 Å². The van der Waals surface area contributed by atoms with E-state index in [9.17, 15) is 23.2 Å². The number of nitrogens with two attached hydrogens (primary N) is 1. The fraction of sp³-hybridized carbons (Fsp3) is 0.375. The lowest BCUT2D eigenvalue weighted by Crippen LogP contribution is -2.33. The number of hydrogen-bond acceptors (Lipinski definition) is 5. The first-order valence-electron chi connectivity index (χ1n) is 7.38. The van der Waals surface area contributed by atoms with Crippen molar-refractivity contribution in [2.45, 2.75) is 32.5 Å². The molecule has 1 heterocycles. The van der Waals surface area contributed by atoms with Crippen LogP contribution in [0.15, 0.2) is 29.3 Å². The molecule has 0 amide bonds. The highest BCUT2D eigenvalue weighted by Crippen LogP contribution is 2.14. The van der Waals surface area contributed by atoms with Gasteiger partial charge in [0.25, 0.3) is 5.56 Å². The molecule has 9 heteroatoms. The van der Waals surface area contributed by atoms with Gasteiger partial charge in [0.15, 0.2) is 0 Å². The maximum absolute atomic E-state index is 12.4. The highest BCUT2D eigenvalue weighted by Gasteiger charge is 2.27. The Balaban J connectivity index is 3.38. The first kappa shape index (κ1) is 20.6. The molecule has 0 unspecified atom stereocenters. The third-order valence-corrected chi connectivity index (χ3v) is 4.33. The molecule has 136 valence electrons. The monoisotopic (exact) mass is 372 g/mol. The van der Waals surface area contributed by atoms with Gasteiger partial charge < -0.3 is 11.1 Å². The van der Waals surface area contributed by atoms with Gasteiger partial charge in [-0.15, -0.1) is 11.3 Å². The van der Waals surface area contributed by atoms with Gasteiger partial charge in [0, 0.05) is 17.9 Å². The maximum Gasteiger partial charge on any atom is 0.405 e. The number of nitrogens with zero attached hydrogens (tertiary/aromatic N) is 2. The Morgan fingerprint density at radius 3 is 2.60 bits per heavy atom. The Bertz CT molecular complexity index is 871. The van der Waals surface area contributed by atoms with Crippen molar-refractivity contribution in [2.24, 2.45) is 5.73 Å². The van der Waals surface area contributed by atoms with Crippen LogP contribution in [0.4, 0.5) is 13.2 Å². The van der Waals surface area contributed by atoms with E-state index >= 15 is 0 Å². The van der Waals surface area contributed by atoms with Crippen LogP contribution < -0.4 is 25.8 Å². The molecule has 0 aromatic carbocycles. The lowest BCUT2D eigenvalue weighted by molar-refractivity contribution is -0.123. The molecule has 0 radical (unpaired) electrons. The predicted octanol–water partition coefficient (Wildman–Crippen LogP) is 1.30. The van der Waals surface area contributed by atoms with E-state index < -0.39 is 12.7 Å². The predicted molar refractivity (Wildman–Crippen MR) is 92.7 cm³/mol. The summed E-state index contributed by atoms with van der Waals surface area (Å²) in [7, 11) is 0. The highest BCUT2D eigenvalue weighted by molar-refractivity contribution is 7.07. The number of alkyl halides is 3. The molecule has 0 aliphatic carbocycles. The van der Waals surface area contributed by atoms with Crippen LogP contribution >= 0.6 is 11.3 Å². The zero-order valence-corrected chi connectivity index (χ0v) is 14.6. The minimum Gasteiger partial charge on any atom is -0.403 e. The van der Waals surface area contributed by atoms with Crippen molar-refractivity contribution in [2.75, 3.05) is 6.54 Å². The van der Waals surface area contributed by atoms with Crippen molar-refractivity contribution in [1.29, 1.82) is 5.26 Å². The molecule has 1 rings (SSSR count). The largest absolute Gasteiger partial charge is 0.405 e. The minimum atomic E-state index is -4.44. The molecule has 0 saturated heterocycles. The maximum atomic E-state index is 12.4. The molecule has 0 spiro atoms. The second-order valence-corrected chi connectivity index (χ2v) is 6.19. The number of thiazole rings is 1. The van der Waals surface area contributed by atoms with Gasteiger partial charge in [-0.25, -0.2) is 0 Å². The Kier molecular flexibility index (Phi) is 7.06. The third-order valence-electron chi connectivity index (χ3n) is 3.15. The SMILES string of the molecule is C=C(N)CCC=c1s/c(=C(/C#N)C(=C)NCC(F)(F)F)n(CC)c1=O. The summed E-state index contributed by atoms with van der Waals surface area (Å²) in [5.74, 6) is 0. The van der Waals surface area contributed by atoms with Gasteiger partial charge >= 0.3 is 6.18 Å². The summed E-state index contributed by atoms with van der Waals surface area (Å²) < 4.78 is 39.0. The first-order valence-corrected chi connectivity index (χ1v) is 8.19. The van der Waals surface area contributed by atoms with Gasteiger partial charge in [-0.1, -0.05) is 19.2 Å². The smallest absolute Gasteiger partial charge is 0.403 e. The molecule has 0 aliphatic rings. The number of rotatable bonds is 7. The van der Waals surface area contributed by atoms with Gasteiger partial charge in [0.2, 0.25) is 0 Å². The van der Waals surface area contributed by atoms with Gasteiger partial charge in [0.05, 0.1) is 4.53 Å². The lowest BCUT2D eigenvalue weighted by Gasteiger charge is -2.11. The number of nitrogens with one attached hydrogen (secondary N) is 1. The number of aromatic nitrogens is 1.